The highest BCUT2D eigenvalue weighted by Crippen LogP contribution is 2.14. The molecule has 0 aliphatic heterocycles. The predicted molar refractivity (Wildman–Crippen MR) is 45.0 cm³/mol. The summed E-state index contributed by atoms with van der Waals surface area (Å²) in [5.41, 5.74) is -0.150. The fraction of sp³-hybridized carbons (Fsp3) is 0.111. The standard InChI is InChI=1S/C9H8F2NO/c1-2-9(13)12-8-5-6(10)3-4-7(8)11/h2-5H,1H3,(H,12,13). The second kappa shape index (κ2) is 3.98. The summed E-state index contributed by atoms with van der Waals surface area (Å²) in [4.78, 5) is 10.8. The number of nitrogens with one attached hydrogen (secondary N) is 1. The highest BCUT2D eigenvalue weighted by atomic mass is 19.1. The summed E-state index contributed by atoms with van der Waals surface area (Å²) in [6, 6.07) is 2.87. The van der Waals surface area contributed by atoms with Crippen molar-refractivity contribution >= 4 is 11.6 Å². The molecule has 0 atom stereocenters. The zero-order valence-electron chi connectivity index (χ0n) is 6.97. The van der Waals surface area contributed by atoms with E-state index in [0.29, 0.717) is 0 Å². The van der Waals surface area contributed by atoms with E-state index in [1.54, 1.807) is 0 Å². The Morgan fingerprint density at radius 2 is 2.15 bits per heavy atom. The van der Waals surface area contributed by atoms with E-state index < -0.39 is 17.5 Å². The van der Waals surface area contributed by atoms with Crippen molar-refractivity contribution < 1.29 is 13.6 Å². The van der Waals surface area contributed by atoms with Crippen molar-refractivity contribution in [3.8, 4) is 0 Å². The van der Waals surface area contributed by atoms with E-state index in [-0.39, 0.29) is 5.69 Å². The molecule has 1 radical (unpaired) electrons. The largest absolute Gasteiger partial charge is 0.323 e. The molecule has 0 aliphatic rings. The lowest BCUT2D eigenvalue weighted by Gasteiger charge is -2.03. The first-order valence-corrected chi connectivity index (χ1v) is 3.69. The normalized spacial score (nSPS) is 9.77. The Balaban J connectivity index is 2.87. The monoisotopic (exact) mass is 184 g/mol. The third-order valence-electron chi connectivity index (χ3n) is 1.45. The van der Waals surface area contributed by atoms with Crippen LogP contribution in [0.15, 0.2) is 18.2 Å². The molecule has 1 amide bonds. The van der Waals surface area contributed by atoms with E-state index >= 15 is 0 Å². The minimum atomic E-state index is -0.656. The van der Waals surface area contributed by atoms with Gasteiger partial charge in [0.2, 0.25) is 5.91 Å². The summed E-state index contributed by atoms with van der Waals surface area (Å²) in [5.74, 6) is -1.71. The van der Waals surface area contributed by atoms with Crippen LogP contribution in [-0.4, -0.2) is 5.91 Å². The average Bonchev–Trinajstić information content (AvgIpc) is 2.11. The summed E-state index contributed by atoms with van der Waals surface area (Å²) in [5, 5.41) is 2.19. The summed E-state index contributed by atoms with van der Waals surface area (Å²) in [7, 11) is 0. The van der Waals surface area contributed by atoms with E-state index in [9.17, 15) is 13.6 Å². The molecule has 0 saturated carbocycles. The number of hydrogen-bond donors (Lipinski definition) is 1. The zero-order chi connectivity index (χ0) is 9.84. The molecule has 0 aliphatic carbocycles. The van der Waals surface area contributed by atoms with E-state index in [0.717, 1.165) is 18.2 Å². The van der Waals surface area contributed by atoms with Crippen LogP contribution in [0.25, 0.3) is 0 Å². The molecular weight excluding hydrogens is 176 g/mol. The number of anilines is 1. The third-order valence-corrected chi connectivity index (χ3v) is 1.45. The Morgan fingerprint density at radius 3 is 2.77 bits per heavy atom. The van der Waals surface area contributed by atoms with Gasteiger partial charge in [0, 0.05) is 12.5 Å². The van der Waals surface area contributed by atoms with Gasteiger partial charge in [-0.25, -0.2) is 8.78 Å². The lowest BCUT2D eigenvalue weighted by atomic mass is 10.3. The van der Waals surface area contributed by atoms with Crippen molar-refractivity contribution in [1.82, 2.24) is 0 Å². The first-order valence-electron chi connectivity index (χ1n) is 3.69. The van der Waals surface area contributed by atoms with Gasteiger partial charge in [-0.2, -0.15) is 0 Å². The van der Waals surface area contributed by atoms with Crippen LogP contribution in [0.3, 0.4) is 0 Å². The fourth-order valence-corrected chi connectivity index (χ4v) is 0.798. The molecule has 1 aromatic carbocycles. The molecule has 0 fully saturated rings. The van der Waals surface area contributed by atoms with Gasteiger partial charge in [0.05, 0.1) is 5.69 Å². The maximum Gasteiger partial charge on any atom is 0.228 e. The van der Waals surface area contributed by atoms with Gasteiger partial charge < -0.3 is 5.32 Å². The number of amides is 1. The number of hydrogen-bond acceptors (Lipinski definition) is 1. The molecule has 4 heteroatoms. The zero-order valence-corrected chi connectivity index (χ0v) is 6.97. The molecule has 13 heavy (non-hydrogen) atoms. The Morgan fingerprint density at radius 1 is 1.46 bits per heavy atom. The number of carbonyl (C=O) groups excluding carboxylic acids is 1. The average molecular weight is 184 g/mol. The summed E-state index contributed by atoms with van der Waals surface area (Å²) < 4.78 is 25.4. The molecule has 0 heterocycles. The van der Waals surface area contributed by atoms with Crippen LogP contribution in [0.2, 0.25) is 0 Å². The van der Waals surface area contributed by atoms with Gasteiger partial charge in [-0.3, -0.25) is 4.79 Å². The van der Waals surface area contributed by atoms with Gasteiger partial charge in [0.15, 0.2) is 0 Å². The Bertz CT molecular complexity index is 325. The molecule has 0 unspecified atom stereocenters. The second-order valence-electron chi connectivity index (χ2n) is 2.40. The summed E-state index contributed by atoms with van der Waals surface area (Å²) >= 11 is 0. The Labute approximate surface area is 74.6 Å². The van der Waals surface area contributed by atoms with Crippen molar-refractivity contribution in [3.63, 3.8) is 0 Å². The molecule has 1 rings (SSSR count). The lowest BCUT2D eigenvalue weighted by molar-refractivity contribution is -0.113. The van der Waals surface area contributed by atoms with Crippen molar-refractivity contribution in [2.75, 3.05) is 5.32 Å². The van der Waals surface area contributed by atoms with Crippen LogP contribution in [0.4, 0.5) is 14.5 Å². The molecule has 69 valence electrons. The van der Waals surface area contributed by atoms with Gasteiger partial charge in [-0.1, -0.05) is 6.92 Å². The quantitative estimate of drug-likeness (QED) is 0.749. The van der Waals surface area contributed by atoms with Crippen LogP contribution in [0, 0.1) is 18.1 Å². The molecule has 2 nitrogen and oxygen atoms in total. The molecule has 0 aromatic heterocycles. The van der Waals surface area contributed by atoms with Gasteiger partial charge in [0.25, 0.3) is 0 Å². The fourth-order valence-electron chi connectivity index (χ4n) is 0.798. The third kappa shape index (κ3) is 2.50. The number of rotatable bonds is 2. The minimum Gasteiger partial charge on any atom is -0.323 e. The van der Waals surface area contributed by atoms with Crippen LogP contribution in [0.1, 0.15) is 6.92 Å². The first-order chi connectivity index (χ1) is 6.13. The Kier molecular flexibility index (Phi) is 2.95. The SMILES string of the molecule is C[CH]C(=O)Nc1cc(F)ccc1F. The number of carbonyl (C=O) groups is 1. The highest BCUT2D eigenvalue weighted by Gasteiger charge is 2.05. The lowest BCUT2D eigenvalue weighted by Crippen LogP contribution is -2.11. The van der Waals surface area contributed by atoms with Crippen LogP contribution >= 0.6 is 0 Å². The van der Waals surface area contributed by atoms with Gasteiger partial charge in [0.1, 0.15) is 11.6 Å². The number of benzene rings is 1. The van der Waals surface area contributed by atoms with E-state index in [1.165, 1.54) is 13.3 Å². The maximum absolute atomic E-state index is 12.9. The molecule has 0 bridgehead atoms. The predicted octanol–water partition coefficient (Wildman–Crippen LogP) is 2.13. The van der Waals surface area contributed by atoms with Crippen molar-refractivity contribution in [2.24, 2.45) is 0 Å². The van der Waals surface area contributed by atoms with Crippen LogP contribution in [0.5, 0.6) is 0 Å². The first kappa shape index (κ1) is 9.64. The topological polar surface area (TPSA) is 29.1 Å². The van der Waals surface area contributed by atoms with Crippen molar-refractivity contribution in [1.29, 1.82) is 0 Å². The summed E-state index contributed by atoms with van der Waals surface area (Å²) in [6.45, 7) is 1.51. The molecular formula is C9H8F2NO. The van der Waals surface area contributed by atoms with Gasteiger partial charge in [-0.05, 0) is 12.1 Å². The van der Waals surface area contributed by atoms with Crippen molar-refractivity contribution in [2.45, 2.75) is 6.92 Å². The van der Waals surface area contributed by atoms with E-state index in [1.807, 2.05) is 0 Å². The molecule has 1 N–H and O–H groups in total. The van der Waals surface area contributed by atoms with E-state index in [4.69, 9.17) is 0 Å². The smallest absolute Gasteiger partial charge is 0.228 e. The highest BCUT2D eigenvalue weighted by molar-refractivity contribution is 5.96. The van der Waals surface area contributed by atoms with Crippen molar-refractivity contribution in [3.05, 3.63) is 36.3 Å². The molecule has 0 spiro atoms. The van der Waals surface area contributed by atoms with Crippen LogP contribution < -0.4 is 5.32 Å². The second-order valence-corrected chi connectivity index (χ2v) is 2.40. The van der Waals surface area contributed by atoms with Gasteiger partial charge in [-0.15, -0.1) is 0 Å². The van der Waals surface area contributed by atoms with Crippen LogP contribution in [-0.2, 0) is 4.79 Å². The minimum absolute atomic E-state index is 0.150. The Hall–Kier alpha value is -1.45. The van der Waals surface area contributed by atoms with Gasteiger partial charge >= 0.3 is 0 Å². The summed E-state index contributed by atoms with van der Waals surface area (Å²) in [6.07, 6.45) is 1.23. The maximum atomic E-state index is 12.9. The molecule has 1 aromatic rings. The molecule has 0 saturated heterocycles. The number of halogens is 2. The van der Waals surface area contributed by atoms with E-state index in [2.05, 4.69) is 5.32 Å².